The third kappa shape index (κ3) is 7.29. The first-order valence-corrected chi connectivity index (χ1v) is 12.3. The third-order valence-corrected chi connectivity index (χ3v) is 6.01. The fraction of sp³-hybridized carbons (Fsp3) is 0.346. The molecule has 0 bridgehead atoms. The third-order valence-electron chi connectivity index (χ3n) is 5.78. The lowest BCUT2D eigenvalue weighted by molar-refractivity contribution is 0.205. The van der Waals surface area contributed by atoms with Gasteiger partial charge in [-0.2, -0.15) is 4.98 Å². The molecule has 1 aliphatic rings. The second kappa shape index (κ2) is 12.5. The summed E-state index contributed by atoms with van der Waals surface area (Å²) in [4.78, 5) is 24.7. The number of benzene rings is 2. The number of hydrogen-bond donors (Lipinski definition) is 1. The van der Waals surface area contributed by atoms with Crippen LogP contribution >= 0.6 is 11.6 Å². The van der Waals surface area contributed by atoms with Crippen LogP contribution in [-0.4, -0.2) is 54.2 Å². The number of carbonyl (C=O) groups is 1. The molecule has 1 saturated heterocycles. The van der Waals surface area contributed by atoms with E-state index >= 15 is 0 Å². The van der Waals surface area contributed by atoms with E-state index in [-0.39, 0.29) is 22.5 Å². The summed E-state index contributed by atoms with van der Waals surface area (Å²) in [7, 11) is 1.47. The van der Waals surface area contributed by atoms with Crippen molar-refractivity contribution >= 4 is 35.1 Å². The lowest BCUT2D eigenvalue weighted by Crippen LogP contribution is -2.31. The van der Waals surface area contributed by atoms with Crippen LogP contribution in [0.2, 0.25) is 5.02 Å². The van der Waals surface area contributed by atoms with Crippen LogP contribution in [0, 0.1) is 5.82 Å². The molecule has 1 fully saturated rings. The van der Waals surface area contributed by atoms with Gasteiger partial charge in [-0.05, 0) is 62.7 Å². The summed E-state index contributed by atoms with van der Waals surface area (Å²) in [5.41, 5.74) is 0.743. The van der Waals surface area contributed by atoms with Crippen LogP contribution in [0.3, 0.4) is 0 Å². The molecule has 0 unspecified atom stereocenters. The zero-order chi connectivity index (χ0) is 25.3. The minimum absolute atomic E-state index is 0.253. The van der Waals surface area contributed by atoms with Gasteiger partial charge in [0, 0.05) is 42.6 Å². The molecule has 0 atom stereocenters. The number of halogens is 2. The number of piperidine rings is 1. The van der Waals surface area contributed by atoms with Crippen LogP contribution in [0.4, 0.5) is 26.6 Å². The predicted molar refractivity (Wildman–Crippen MR) is 138 cm³/mol. The summed E-state index contributed by atoms with van der Waals surface area (Å²) in [5, 5.41) is 3.37. The number of likely N-dealkylation sites (tertiary alicyclic amines) is 1. The molecule has 2 heterocycles. The monoisotopic (exact) mass is 513 g/mol. The van der Waals surface area contributed by atoms with Crippen molar-refractivity contribution in [1.29, 1.82) is 0 Å². The summed E-state index contributed by atoms with van der Waals surface area (Å²) in [6.45, 7) is 4.07. The first-order valence-electron chi connectivity index (χ1n) is 11.9. The molecule has 3 aromatic rings. The van der Waals surface area contributed by atoms with Crippen molar-refractivity contribution < 1.29 is 18.7 Å². The van der Waals surface area contributed by atoms with Crippen LogP contribution in [0.1, 0.15) is 25.7 Å². The fourth-order valence-electron chi connectivity index (χ4n) is 3.86. The molecule has 0 aliphatic carbocycles. The topological polar surface area (TPSA) is 79.8 Å². The molecule has 8 nitrogen and oxygen atoms in total. The second-order valence-corrected chi connectivity index (χ2v) is 8.93. The predicted octanol–water partition coefficient (Wildman–Crippen LogP) is 5.90. The van der Waals surface area contributed by atoms with Gasteiger partial charge in [0.25, 0.3) is 0 Å². The van der Waals surface area contributed by atoms with Crippen molar-refractivity contribution in [2.24, 2.45) is 0 Å². The second-order valence-electron chi connectivity index (χ2n) is 8.50. The Hall–Kier alpha value is -3.43. The summed E-state index contributed by atoms with van der Waals surface area (Å²) in [6, 6.07) is 12.8. The molecule has 36 heavy (non-hydrogen) atoms. The number of ether oxygens (including phenoxy) is 2. The Kier molecular flexibility index (Phi) is 8.91. The van der Waals surface area contributed by atoms with Crippen molar-refractivity contribution in [2.45, 2.75) is 25.7 Å². The van der Waals surface area contributed by atoms with E-state index in [1.165, 1.54) is 57.7 Å². The Balaban J connectivity index is 1.32. The van der Waals surface area contributed by atoms with Gasteiger partial charge in [-0.1, -0.05) is 24.1 Å². The number of amides is 1. The average Bonchev–Trinajstić information content (AvgIpc) is 2.89. The Bertz CT molecular complexity index is 1180. The summed E-state index contributed by atoms with van der Waals surface area (Å²) in [5.74, 6) is 0.340. The summed E-state index contributed by atoms with van der Waals surface area (Å²) in [6.07, 6.45) is 5.58. The molecule has 190 valence electrons. The molecule has 1 aliphatic heterocycles. The quantitative estimate of drug-likeness (QED) is 0.357. The highest BCUT2D eigenvalue weighted by molar-refractivity contribution is 6.30. The van der Waals surface area contributed by atoms with Crippen molar-refractivity contribution in [2.75, 3.05) is 43.5 Å². The Morgan fingerprint density at radius 2 is 2.00 bits per heavy atom. The highest BCUT2D eigenvalue weighted by atomic mass is 35.5. The highest BCUT2D eigenvalue weighted by Gasteiger charge is 2.18. The maximum Gasteiger partial charge on any atom is 0.420 e. The van der Waals surface area contributed by atoms with Gasteiger partial charge in [0.05, 0.1) is 6.61 Å². The fourth-order valence-corrected chi connectivity index (χ4v) is 4.02. The Morgan fingerprint density at radius 1 is 1.17 bits per heavy atom. The SMILES string of the molecule is CN(C(=O)Oc1cc(Cl)ccc1F)c1ccnc(Nc2cccc(OCCCN3CCCCC3)c2)n1. The number of aromatic nitrogens is 2. The molecule has 0 spiro atoms. The maximum atomic E-state index is 13.9. The molecule has 0 saturated carbocycles. The van der Waals surface area contributed by atoms with E-state index in [0.29, 0.717) is 6.61 Å². The number of anilines is 3. The van der Waals surface area contributed by atoms with Gasteiger partial charge in [-0.15, -0.1) is 0 Å². The highest BCUT2D eigenvalue weighted by Crippen LogP contribution is 2.24. The largest absolute Gasteiger partial charge is 0.493 e. The molecule has 0 radical (unpaired) electrons. The van der Waals surface area contributed by atoms with Gasteiger partial charge >= 0.3 is 6.09 Å². The molecule has 1 N–H and O–H groups in total. The van der Waals surface area contributed by atoms with Crippen molar-refractivity contribution in [3.63, 3.8) is 0 Å². The molecular weight excluding hydrogens is 485 g/mol. The van der Waals surface area contributed by atoms with Crippen molar-refractivity contribution in [3.05, 3.63) is 65.6 Å². The van der Waals surface area contributed by atoms with E-state index < -0.39 is 11.9 Å². The Labute approximate surface area is 215 Å². The number of hydrogen-bond acceptors (Lipinski definition) is 7. The van der Waals surface area contributed by atoms with Crippen molar-refractivity contribution in [3.8, 4) is 11.5 Å². The van der Waals surface area contributed by atoms with Gasteiger partial charge in [-0.3, -0.25) is 4.90 Å². The summed E-state index contributed by atoms with van der Waals surface area (Å²) >= 11 is 5.86. The van der Waals surface area contributed by atoms with Crippen LogP contribution < -0.4 is 19.7 Å². The lowest BCUT2D eigenvalue weighted by atomic mass is 10.1. The minimum atomic E-state index is -0.819. The molecule has 4 rings (SSSR count). The van der Waals surface area contributed by atoms with Gasteiger partial charge in [-0.25, -0.2) is 14.2 Å². The number of carbonyl (C=O) groups excluding carboxylic acids is 1. The minimum Gasteiger partial charge on any atom is -0.493 e. The first kappa shape index (κ1) is 25.7. The van der Waals surface area contributed by atoms with Gasteiger partial charge < -0.3 is 19.7 Å². The zero-order valence-electron chi connectivity index (χ0n) is 20.1. The van der Waals surface area contributed by atoms with Gasteiger partial charge in [0.2, 0.25) is 5.95 Å². The maximum absolute atomic E-state index is 13.9. The van der Waals surface area contributed by atoms with E-state index in [0.717, 1.165) is 35.4 Å². The number of rotatable bonds is 9. The van der Waals surface area contributed by atoms with E-state index in [1.54, 1.807) is 6.07 Å². The van der Waals surface area contributed by atoms with Crippen LogP contribution in [0.15, 0.2) is 54.7 Å². The van der Waals surface area contributed by atoms with E-state index in [2.05, 4.69) is 20.2 Å². The van der Waals surface area contributed by atoms with Crippen LogP contribution in [0.25, 0.3) is 0 Å². The van der Waals surface area contributed by atoms with E-state index in [4.69, 9.17) is 21.1 Å². The van der Waals surface area contributed by atoms with E-state index in [1.807, 2.05) is 24.3 Å². The summed E-state index contributed by atoms with van der Waals surface area (Å²) < 4.78 is 25.0. The molecule has 1 amide bonds. The molecule has 1 aromatic heterocycles. The normalized spacial score (nSPS) is 13.8. The van der Waals surface area contributed by atoms with Gasteiger partial charge in [0.1, 0.15) is 11.6 Å². The van der Waals surface area contributed by atoms with E-state index in [9.17, 15) is 9.18 Å². The first-order chi connectivity index (χ1) is 17.5. The zero-order valence-corrected chi connectivity index (χ0v) is 20.9. The smallest absolute Gasteiger partial charge is 0.420 e. The van der Waals surface area contributed by atoms with Crippen LogP contribution in [-0.2, 0) is 0 Å². The van der Waals surface area contributed by atoms with Gasteiger partial charge in [0.15, 0.2) is 11.6 Å². The molecule has 2 aromatic carbocycles. The molecular formula is C26H29ClFN5O3. The lowest BCUT2D eigenvalue weighted by Gasteiger charge is -2.26. The Morgan fingerprint density at radius 3 is 2.83 bits per heavy atom. The van der Waals surface area contributed by atoms with Crippen molar-refractivity contribution in [1.82, 2.24) is 14.9 Å². The average molecular weight is 514 g/mol. The standard InChI is InChI=1S/C26H29ClFN5O3/c1-32(26(34)36-23-17-19(27)9-10-22(23)28)24-11-12-29-25(31-24)30-20-7-5-8-21(18-20)35-16-6-15-33-13-3-2-4-14-33/h5,7-12,17-18H,2-4,6,13-16H2,1H3,(H,29,30,31). The number of nitrogens with zero attached hydrogens (tertiary/aromatic N) is 4. The van der Waals surface area contributed by atoms with Crippen LogP contribution in [0.5, 0.6) is 11.5 Å². The molecule has 10 heteroatoms. The number of nitrogens with one attached hydrogen (secondary N) is 1.